The van der Waals surface area contributed by atoms with E-state index in [9.17, 15) is 0 Å². The fourth-order valence-corrected chi connectivity index (χ4v) is 2.23. The average Bonchev–Trinajstić information content (AvgIpc) is 2.56. The lowest BCUT2D eigenvalue weighted by atomic mass is 10.2. The van der Waals surface area contributed by atoms with Gasteiger partial charge in [0.15, 0.2) is 0 Å². The van der Waals surface area contributed by atoms with Crippen molar-refractivity contribution in [1.82, 2.24) is 9.97 Å². The van der Waals surface area contributed by atoms with E-state index < -0.39 is 0 Å². The molecule has 2 aromatic rings. The van der Waals surface area contributed by atoms with Gasteiger partial charge in [-0.3, -0.25) is 0 Å². The first-order valence-electron chi connectivity index (χ1n) is 6.83. The van der Waals surface area contributed by atoms with Gasteiger partial charge < -0.3 is 20.4 Å². The van der Waals surface area contributed by atoms with Crippen LogP contribution in [0, 0.1) is 0 Å². The summed E-state index contributed by atoms with van der Waals surface area (Å²) in [5.41, 5.74) is 4.67. The van der Waals surface area contributed by atoms with Crippen LogP contribution in [0.15, 0.2) is 36.7 Å². The van der Waals surface area contributed by atoms with Gasteiger partial charge >= 0.3 is 0 Å². The lowest BCUT2D eigenvalue weighted by Crippen LogP contribution is -2.36. The van der Waals surface area contributed by atoms with Crippen LogP contribution in [0.5, 0.6) is 0 Å². The highest BCUT2D eigenvalue weighted by molar-refractivity contribution is 5.62. The number of nitrogens with one attached hydrogen (secondary N) is 2. The minimum atomic E-state index is 0.567. The highest BCUT2D eigenvalue weighted by Gasteiger charge is 2.10. The summed E-state index contributed by atoms with van der Waals surface area (Å²) in [4.78, 5) is 10.4. The summed E-state index contributed by atoms with van der Waals surface area (Å²) in [5.74, 6) is 6.59. The zero-order chi connectivity index (χ0) is 14.5. The summed E-state index contributed by atoms with van der Waals surface area (Å²) in [7, 11) is 0. The van der Waals surface area contributed by atoms with Crippen LogP contribution < -0.4 is 21.5 Å². The number of anilines is 4. The van der Waals surface area contributed by atoms with Crippen LogP contribution >= 0.6 is 0 Å². The second kappa shape index (κ2) is 6.38. The molecule has 1 aliphatic heterocycles. The van der Waals surface area contributed by atoms with Crippen molar-refractivity contribution in [3.05, 3.63) is 36.7 Å². The zero-order valence-electron chi connectivity index (χ0n) is 11.6. The van der Waals surface area contributed by atoms with Gasteiger partial charge in [-0.15, -0.1) is 0 Å². The highest BCUT2D eigenvalue weighted by atomic mass is 16.5. The van der Waals surface area contributed by atoms with E-state index in [4.69, 9.17) is 10.6 Å². The van der Waals surface area contributed by atoms with Gasteiger partial charge in [0, 0.05) is 30.5 Å². The summed E-state index contributed by atoms with van der Waals surface area (Å²) in [6.07, 6.45) is 1.46. The lowest BCUT2D eigenvalue weighted by Gasteiger charge is -2.28. The molecule has 0 bridgehead atoms. The van der Waals surface area contributed by atoms with Crippen molar-refractivity contribution in [1.29, 1.82) is 0 Å². The maximum atomic E-state index is 5.36. The average molecular weight is 286 g/mol. The molecule has 7 nitrogen and oxygen atoms in total. The fraction of sp³-hybridized carbons (Fsp3) is 0.286. The Morgan fingerprint density at radius 1 is 1.05 bits per heavy atom. The summed E-state index contributed by atoms with van der Waals surface area (Å²) >= 11 is 0. The van der Waals surface area contributed by atoms with Gasteiger partial charge in [0.25, 0.3) is 0 Å². The Kier molecular flexibility index (Phi) is 4.13. The molecule has 0 saturated carbocycles. The van der Waals surface area contributed by atoms with Gasteiger partial charge in [0.1, 0.15) is 18.0 Å². The van der Waals surface area contributed by atoms with Crippen LogP contribution in [0.3, 0.4) is 0 Å². The third-order valence-electron chi connectivity index (χ3n) is 3.33. The molecular formula is C14H18N6O. The Balaban J connectivity index is 1.68. The maximum Gasteiger partial charge on any atom is 0.145 e. The van der Waals surface area contributed by atoms with Crippen molar-refractivity contribution in [2.75, 3.05) is 41.9 Å². The number of rotatable bonds is 4. The largest absolute Gasteiger partial charge is 0.378 e. The summed E-state index contributed by atoms with van der Waals surface area (Å²) in [6, 6.07) is 9.99. The van der Waals surface area contributed by atoms with Crippen LogP contribution in [0.2, 0.25) is 0 Å². The first kappa shape index (κ1) is 13.6. The number of hydrogen-bond donors (Lipinski definition) is 3. The van der Waals surface area contributed by atoms with E-state index in [-0.39, 0.29) is 0 Å². The molecule has 1 fully saturated rings. The number of morpholine rings is 1. The zero-order valence-corrected chi connectivity index (χ0v) is 11.6. The van der Waals surface area contributed by atoms with E-state index in [1.165, 1.54) is 12.0 Å². The molecule has 7 heteroatoms. The van der Waals surface area contributed by atoms with Gasteiger partial charge in [-0.1, -0.05) is 0 Å². The summed E-state index contributed by atoms with van der Waals surface area (Å²) in [6.45, 7) is 3.44. The number of nitrogen functional groups attached to an aromatic ring is 1. The molecule has 0 unspecified atom stereocenters. The van der Waals surface area contributed by atoms with Crippen LogP contribution in [-0.4, -0.2) is 36.3 Å². The van der Waals surface area contributed by atoms with Crippen LogP contribution in [0.1, 0.15) is 0 Å². The number of nitrogens with two attached hydrogens (primary N) is 1. The predicted molar refractivity (Wildman–Crippen MR) is 82.6 cm³/mol. The Hall–Kier alpha value is -2.38. The van der Waals surface area contributed by atoms with E-state index in [0.717, 1.165) is 32.0 Å². The second-order valence-electron chi connectivity index (χ2n) is 4.70. The predicted octanol–water partition coefficient (Wildman–Crippen LogP) is 1.34. The highest BCUT2D eigenvalue weighted by Crippen LogP contribution is 2.21. The smallest absolute Gasteiger partial charge is 0.145 e. The quantitative estimate of drug-likeness (QED) is 0.577. The first-order valence-corrected chi connectivity index (χ1v) is 6.83. The molecule has 0 aliphatic carbocycles. The third-order valence-corrected chi connectivity index (χ3v) is 3.33. The monoisotopic (exact) mass is 286 g/mol. The van der Waals surface area contributed by atoms with Crippen molar-refractivity contribution in [3.63, 3.8) is 0 Å². The van der Waals surface area contributed by atoms with Crippen molar-refractivity contribution in [3.8, 4) is 0 Å². The minimum absolute atomic E-state index is 0.567. The van der Waals surface area contributed by atoms with E-state index in [1.807, 2.05) is 12.1 Å². The fourth-order valence-electron chi connectivity index (χ4n) is 2.23. The molecule has 0 spiro atoms. The molecule has 1 saturated heterocycles. The SMILES string of the molecule is NNc1cc(Nc2ccc(N3CCOCC3)cc2)ncn1. The first-order chi connectivity index (χ1) is 10.3. The molecule has 110 valence electrons. The third kappa shape index (κ3) is 3.39. The van der Waals surface area contributed by atoms with Gasteiger partial charge in [-0.2, -0.15) is 0 Å². The standard InChI is InChI=1S/C14H18N6O/c15-19-14-9-13(16-10-17-14)18-11-1-3-12(4-2-11)20-5-7-21-8-6-20/h1-4,9-10H,5-8,15H2,(H2,16,17,18,19). The van der Waals surface area contributed by atoms with Crippen LogP contribution in [-0.2, 0) is 4.74 Å². The molecule has 21 heavy (non-hydrogen) atoms. The minimum Gasteiger partial charge on any atom is -0.378 e. The van der Waals surface area contributed by atoms with Crippen LogP contribution in [0.4, 0.5) is 23.0 Å². The molecular weight excluding hydrogens is 268 g/mol. The summed E-state index contributed by atoms with van der Waals surface area (Å²) in [5, 5.41) is 3.22. The Morgan fingerprint density at radius 3 is 2.48 bits per heavy atom. The van der Waals surface area contributed by atoms with Crippen molar-refractivity contribution < 1.29 is 4.74 Å². The lowest BCUT2D eigenvalue weighted by molar-refractivity contribution is 0.122. The molecule has 2 heterocycles. The Labute approximate surface area is 123 Å². The molecule has 0 amide bonds. The number of hydrogen-bond acceptors (Lipinski definition) is 7. The van der Waals surface area contributed by atoms with E-state index in [0.29, 0.717) is 11.6 Å². The topological polar surface area (TPSA) is 88.3 Å². The van der Waals surface area contributed by atoms with Gasteiger partial charge in [0.05, 0.1) is 13.2 Å². The Morgan fingerprint density at radius 2 is 1.76 bits per heavy atom. The van der Waals surface area contributed by atoms with Crippen LogP contribution in [0.25, 0.3) is 0 Å². The number of nitrogens with zero attached hydrogens (tertiary/aromatic N) is 3. The molecule has 3 rings (SSSR count). The number of hydrazine groups is 1. The van der Waals surface area contributed by atoms with Gasteiger partial charge in [-0.25, -0.2) is 15.8 Å². The molecule has 1 aromatic heterocycles. The van der Waals surface area contributed by atoms with Gasteiger partial charge in [-0.05, 0) is 24.3 Å². The van der Waals surface area contributed by atoms with E-state index in [2.05, 4.69) is 37.7 Å². The number of benzene rings is 1. The number of aromatic nitrogens is 2. The van der Waals surface area contributed by atoms with Crippen molar-refractivity contribution >= 4 is 23.0 Å². The Bertz CT molecular complexity index is 582. The van der Waals surface area contributed by atoms with Crippen molar-refractivity contribution in [2.24, 2.45) is 5.84 Å². The molecule has 1 aromatic carbocycles. The molecule has 4 N–H and O–H groups in total. The van der Waals surface area contributed by atoms with E-state index in [1.54, 1.807) is 6.07 Å². The second-order valence-corrected chi connectivity index (χ2v) is 4.70. The number of ether oxygens (including phenoxy) is 1. The maximum absolute atomic E-state index is 5.36. The normalized spacial score (nSPS) is 14.8. The summed E-state index contributed by atoms with van der Waals surface area (Å²) < 4.78 is 5.36. The van der Waals surface area contributed by atoms with E-state index >= 15 is 0 Å². The van der Waals surface area contributed by atoms with Crippen molar-refractivity contribution in [2.45, 2.75) is 0 Å². The molecule has 0 atom stereocenters. The molecule has 0 radical (unpaired) electrons. The van der Waals surface area contributed by atoms with Gasteiger partial charge in [0.2, 0.25) is 0 Å². The molecule has 1 aliphatic rings.